The molecule has 0 saturated carbocycles. The number of aromatic nitrogens is 2. The molecule has 2 aromatic rings. The second-order valence-electron chi connectivity index (χ2n) is 5.93. The first-order valence-electron chi connectivity index (χ1n) is 8.18. The van der Waals surface area contributed by atoms with E-state index in [0.29, 0.717) is 24.9 Å². The van der Waals surface area contributed by atoms with Gasteiger partial charge in [-0.25, -0.2) is 0 Å². The molecule has 1 unspecified atom stereocenters. The number of nitrogens with one attached hydrogen (secondary N) is 1. The molecule has 1 aromatic carbocycles. The third-order valence-electron chi connectivity index (χ3n) is 4.15. The average Bonchev–Trinajstić information content (AvgIpc) is 2.94. The van der Waals surface area contributed by atoms with E-state index in [-0.39, 0.29) is 5.91 Å². The Balaban J connectivity index is 1.70. The van der Waals surface area contributed by atoms with Gasteiger partial charge in [0.15, 0.2) is 11.5 Å². The largest absolute Gasteiger partial charge is 0.385 e. The van der Waals surface area contributed by atoms with E-state index in [1.165, 1.54) is 5.56 Å². The van der Waals surface area contributed by atoms with Crippen LogP contribution in [-0.4, -0.2) is 42.4 Å². The van der Waals surface area contributed by atoms with Gasteiger partial charge in [0.2, 0.25) is 0 Å². The Morgan fingerprint density at radius 3 is 2.88 bits per heavy atom. The van der Waals surface area contributed by atoms with Gasteiger partial charge in [-0.15, -0.1) is 10.2 Å². The fraction of sp³-hybridized carbons (Fsp3) is 0.389. The summed E-state index contributed by atoms with van der Waals surface area (Å²) in [7, 11) is 1.64. The molecule has 1 aliphatic rings. The summed E-state index contributed by atoms with van der Waals surface area (Å²) in [6, 6.07) is 12.2. The van der Waals surface area contributed by atoms with E-state index in [1.54, 1.807) is 13.2 Å². The first-order valence-corrected chi connectivity index (χ1v) is 8.18. The number of anilines is 2. The van der Waals surface area contributed by atoms with Gasteiger partial charge >= 0.3 is 0 Å². The lowest BCUT2D eigenvalue weighted by Gasteiger charge is -2.23. The van der Waals surface area contributed by atoms with Gasteiger partial charge in [0.05, 0.1) is 0 Å². The van der Waals surface area contributed by atoms with Gasteiger partial charge in [-0.05, 0) is 43.5 Å². The average molecular weight is 326 g/mol. The van der Waals surface area contributed by atoms with Crippen LogP contribution in [0.4, 0.5) is 11.5 Å². The smallest absolute Gasteiger partial charge is 0.271 e. The van der Waals surface area contributed by atoms with Gasteiger partial charge in [-0.3, -0.25) is 4.79 Å². The molecule has 1 aliphatic heterocycles. The summed E-state index contributed by atoms with van der Waals surface area (Å²) < 4.78 is 4.96. The fourth-order valence-electron chi connectivity index (χ4n) is 3.00. The number of fused-ring (bicyclic) bond motifs is 1. The summed E-state index contributed by atoms with van der Waals surface area (Å²) in [5.74, 6) is 0.559. The quantitative estimate of drug-likeness (QED) is 0.825. The van der Waals surface area contributed by atoms with Crippen molar-refractivity contribution in [2.75, 3.05) is 25.2 Å². The van der Waals surface area contributed by atoms with E-state index in [4.69, 9.17) is 4.74 Å². The van der Waals surface area contributed by atoms with Crippen molar-refractivity contribution in [1.29, 1.82) is 0 Å². The van der Waals surface area contributed by atoms with Crippen molar-refractivity contribution in [3.63, 3.8) is 0 Å². The Bertz CT molecular complexity index is 702. The molecule has 2 heterocycles. The zero-order valence-electron chi connectivity index (χ0n) is 14.0. The van der Waals surface area contributed by atoms with Crippen molar-refractivity contribution >= 4 is 17.4 Å². The number of rotatable bonds is 6. The molecule has 0 fully saturated rings. The van der Waals surface area contributed by atoms with Crippen LogP contribution in [0.5, 0.6) is 0 Å². The van der Waals surface area contributed by atoms with Crippen LogP contribution >= 0.6 is 0 Å². The highest BCUT2D eigenvalue weighted by molar-refractivity contribution is 5.92. The van der Waals surface area contributed by atoms with E-state index in [2.05, 4.69) is 45.5 Å². The third-order valence-corrected chi connectivity index (χ3v) is 4.15. The van der Waals surface area contributed by atoms with Crippen LogP contribution < -0.4 is 10.2 Å². The molecule has 1 N–H and O–H groups in total. The maximum Gasteiger partial charge on any atom is 0.271 e. The second-order valence-corrected chi connectivity index (χ2v) is 5.93. The molecular weight excluding hydrogens is 304 g/mol. The molecule has 0 radical (unpaired) electrons. The summed E-state index contributed by atoms with van der Waals surface area (Å²) in [6.45, 7) is 3.35. The summed E-state index contributed by atoms with van der Waals surface area (Å²) >= 11 is 0. The zero-order chi connectivity index (χ0) is 16.9. The fourth-order valence-corrected chi connectivity index (χ4v) is 3.00. The summed E-state index contributed by atoms with van der Waals surface area (Å²) in [5.41, 5.74) is 2.80. The van der Waals surface area contributed by atoms with Crippen molar-refractivity contribution in [2.45, 2.75) is 25.8 Å². The van der Waals surface area contributed by atoms with Gasteiger partial charge in [-0.1, -0.05) is 18.2 Å². The molecule has 6 nitrogen and oxygen atoms in total. The molecule has 24 heavy (non-hydrogen) atoms. The predicted octanol–water partition coefficient (Wildman–Crippen LogP) is 2.33. The predicted molar refractivity (Wildman–Crippen MR) is 92.6 cm³/mol. The normalized spacial score (nSPS) is 16.1. The first kappa shape index (κ1) is 16.4. The van der Waals surface area contributed by atoms with E-state index in [9.17, 15) is 4.79 Å². The lowest BCUT2D eigenvalue weighted by Crippen LogP contribution is -2.28. The van der Waals surface area contributed by atoms with Crippen LogP contribution in [0.1, 0.15) is 29.4 Å². The number of nitrogens with zero attached hydrogens (tertiary/aromatic N) is 3. The lowest BCUT2D eigenvalue weighted by atomic mass is 10.1. The maximum atomic E-state index is 12.0. The number of methoxy groups -OCH3 is 1. The number of hydrogen-bond acceptors (Lipinski definition) is 5. The summed E-state index contributed by atoms with van der Waals surface area (Å²) in [5, 5.41) is 11.2. The Kier molecular flexibility index (Phi) is 5.05. The Hall–Kier alpha value is -2.47. The minimum atomic E-state index is -0.208. The highest BCUT2D eigenvalue weighted by Gasteiger charge is 2.27. The summed E-state index contributed by atoms with van der Waals surface area (Å²) in [4.78, 5) is 14.2. The van der Waals surface area contributed by atoms with Crippen molar-refractivity contribution in [3.8, 4) is 0 Å². The Labute approximate surface area is 141 Å². The number of hydrogen-bond donors (Lipinski definition) is 1. The van der Waals surface area contributed by atoms with Crippen LogP contribution in [0.2, 0.25) is 0 Å². The van der Waals surface area contributed by atoms with E-state index in [0.717, 1.165) is 24.3 Å². The summed E-state index contributed by atoms with van der Waals surface area (Å²) in [6.07, 6.45) is 1.76. The van der Waals surface area contributed by atoms with Crippen molar-refractivity contribution in [2.24, 2.45) is 0 Å². The molecule has 0 bridgehead atoms. The van der Waals surface area contributed by atoms with Crippen molar-refractivity contribution < 1.29 is 9.53 Å². The standard InChI is InChI=1S/C18H22N4O2/c1-13-12-14-6-3-4-7-16(14)22(13)17-9-8-15(20-21-17)18(23)19-10-5-11-24-2/h3-4,6-9,13H,5,10-12H2,1-2H3,(H,19,23). The van der Waals surface area contributed by atoms with Crippen molar-refractivity contribution in [3.05, 3.63) is 47.7 Å². The van der Waals surface area contributed by atoms with Crippen LogP contribution in [-0.2, 0) is 11.2 Å². The number of carbonyl (C=O) groups excluding carboxylic acids is 1. The van der Waals surface area contributed by atoms with Gasteiger partial charge in [0.1, 0.15) is 0 Å². The SMILES string of the molecule is COCCCNC(=O)c1ccc(N2c3ccccc3CC2C)nn1. The molecule has 3 rings (SSSR count). The van der Waals surface area contributed by atoms with Crippen LogP contribution in [0.3, 0.4) is 0 Å². The molecule has 0 aliphatic carbocycles. The van der Waals surface area contributed by atoms with Gasteiger partial charge < -0.3 is 15.0 Å². The second kappa shape index (κ2) is 7.40. The molecular formula is C18H22N4O2. The Morgan fingerprint density at radius 1 is 1.29 bits per heavy atom. The molecule has 126 valence electrons. The van der Waals surface area contributed by atoms with Gasteiger partial charge in [0.25, 0.3) is 5.91 Å². The number of benzene rings is 1. The third kappa shape index (κ3) is 3.38. The maximum absolute atomic E-state index is 12.0. The van der Waals surface area contributed by atoms with Gasteiger partial charge in [0, 0.05) is 32.0 Å². The highest BCUT2D eigenvalue weighted by Crippen LogP contribution is 2.36. The molecule has 0 spiro atoms. The molecule has 1 atom stereocenters. The molecule has 6 heteroatoms. The minimum absolute atomic E-state index is 0.208. The van der Waals surface area contributed by atoms with Crippen LogP contribution in [0.15, 0.2) is 36.4 Å². The number of amides is 1. The zero-order valence-corrected chi connectivity index (χ0v) is 14.0. The van der Waals surface area contributed by atoms with Gasteiger partial charge in [-0.2, -0.15) is 0 Å². The van der Waals surface area contributed by atoms with Crippen LogP contribution in [0.25, 0.3) is 0 Å². The van der Waals surface area contributed by atoms with E-state index >= 15 is 0 Å². The molecule has 1 aromatic heterocycles. The molecule has 0 saturated heterocycles. The lowest BCUT2D eigenvalue weighted by molar-refractivity contribution is 0.0942. The minimum Gasteiger partial charge on any atom is -0.385 e. The highest BCUT2D eigenvalue weighted by atomic mass is 16.5. The topological polar surface area (TPSA) is 67.3 Å². The van der Waals surface area contributed by atoms with E-state index in [1.807, 2.05) is 12.1 Å². The number of carbonyl (C=O) groups is 1. The van der Waals surface area contributed by atoms with E-state index < -0.39 is 0 Å². The van der Waals surface area contributed by atoms with Crippen LogP contribution in [0, 0.1) is 0 Å². The monoisotopic (exact) mass is 326 g/mol. The first-order chi connectivity index (χ1) is 11.7. The Morgan fingerprint density at radius 2 is 2.12 bits per heavy atom. The number of ether oxygens (including phenoxy) is 1. The van der Waals surface area contributed by atoms with Crippen molar-refractivity contribution in [1.82, 2.24) is 15.5 Å². The number of para-hydroxylation sites is 1. The molecule has 1 amide bonds.